The second-order valence-electron chi connectivity index (χ2n) is 5.98. The molecule has 1 N–H and O–H groups in total. The van der Waals surface area contributed by atoms with E-state index >= 15 is 0 Å². The van der Waals surface area contributed by atoms with Crippen LogP contribution in [0.2, 0.25) is 0 Å². The van der Waals surface area contributed by atoms with Gasteiger partial charge in [-0.05, 0) is 33.2 Å². The third kappa shape index (κ3) is 2.83. The lowest BCUT2D eigenvalue weighted by molar-refractivity contribution is 0.243. The van der Waals surface area contributed by atoms with Gasteiger partial charge in [0.2, 0.25) is 0 Å². The molecule has 1 atom stereocenters. The Balaban J connectivity index is 1.84. The van der Waals surface area contributed by atoms with Crippen molar-refractivity contribution in [3.63, 3.8) is 0 Å². The predicted octanol–water partition coefficient (Wildman–Crippen LogP) is 2.21. The molecule has 22 heavy (non-hydrogen) atoms. The number of rotatable bonds is 4. The third-order valence-corrected chi connectivity index (χ3v) is 4.53. The molecular formula is C16H24N6. The van der Waals surface area contributed by atoms with E-state index in [1.807, 2.05) is 31.9 Å². The Morgan fingerprint density at radius 1 is 1.32 bits per heavy atom. The molecule has 0 aliphatic carbocycles. The number of aromatic nitrogens is 4. The summed E-state index contributed by atoms with van der Waals surface area (Å²) in [6, 6.07) is 2.44. The smallest absolute Gasteiger partial charge is 0.129 e. The molecule has 2 aromatic heterocycles. The predicted molar refractivity (Wildman–Crippen MR) is 86.6 cm³/mol. The van der Waals surface area contributed by atoms with Crippen molar-refractivity contribution in [2.75, 3.05) is 18.9 Å². The third-order valence-electron chi connectivity index (χ3n) is 4.53. The molecule has 0 aromatic carbocycles. The van der Waals surface area contributed by atoms with E-state index in [0.29, 0.717) is 6.04 Å². The molecule has 6 nitrogen and oxygen atoms in total. The highest BCUT2D eigenvalue weighted by Gasteiger charge is 2.28. The van der Waals surface area contributed by atoms with E-state index in [0.717, 1.165) is 36.8 Å². The molecule has 0 amide bonds. The van der Waals surface area contributed by atoms with Gasteiger partial charge in [0.05, 0.1) is 17.9 Å². The van der Waals surface area contributed by atoms with Crippen molar-refractivity contribution in [2.45, 2.75) is 39.3 Å². The van der Waals surface area contributed by atoms with Crippen LogP contribution in [0.4, 0.5) is 5.82 Å². The average molecular weight is 300 g/mol. The summed E-state index contributed by atoms with van der Waals surface area (Å²) in [5, 5.41) is 7.48. The monoisotopic (exact) mass is 300 g/mol. The fourth-order valence-electron chi connectivity index (χ4n) is 3.16. The highest BCUT2D eigenvalue weighted by atomic mass is 15.3. The van der Waals surface area contributed by atoms with Crippen molar-refractivity contribution < 1.29 is 0 Å². The summed E-state index contributed by atoms with van der Waals surface area (Å²) in [4.78, 5) is 11.6. The van der Waals surface area contributed by atoms with Crippen LogP contribution in [-0.4, -0.2) is 38.2 Å². The van der Waals surface area contributed by atoms with Crippen LogP contribution in [0.3, 0.4) is 0 Å². The first-order valence-electron chi connectivity index (χ1n) is 7.83. The second-order valence-corrected chi connectivity index (χ2v) is 5.98. The summed E-state index contributed by atoms with van der Waals surface area (Å²) < 4.78 is 1.94. The molecule has 0 saturated carbocycles. The quantitative estimate of drug-likeness (QED) is 0.938. The van der Waals surface area contributed by atoms with Crippen LogP contribution in [0.25, 0.3) is 0 Å². The molecular weight excluding hydrogens is 276 g/mol. The van der Waals surface area contributed by atoms with Gasteiger partial charge in [-0.2, -0.15) is 5.10 Å². The van der Waals surface area contributed by atoms with E-state index in [1.165, 1.54) is 17.7 Å². The van der Waals surface area contributed by atoms with Crippen LogP contribution >= 0.6 is 0 Å². The summed E-state index contributed by atoms with van der Waals surface area (Å²) >= 11 is 0. The van der Waals surface area contributed by atoms with Crippen LogP contribution < -0.4 is 5.32 Å². The fraction of sp³-hybridized carbons (Fsp3) is 0.562. The minimum atomic E-state index is 0.369. The Bertz CT molecular complexity index is 663. The number of anilines is 1. The molecule has 0 radical (unpaired) electrons. The Morgan fingerprint density at radius 2 is 2.14 bits per heavy atom. The maximum absolute atomic E-state index is 4.67. The Hall–Kier alpha value is -1.95. The summed E-state index contributed by atoms with van der Waals surface area (Å²) in [6.45, 7) is 6.12. The van der Waals surface area contributed by atoms with Gasteiger partial charge in [-0.3, -0.25) is 9.58 Å². The van der Waals surface area contributed by atoms with E-state index < -0.39 is 0 Å². The van der Waals surface area contributed by atoms with Gasteiger partial charge in [-0.15, -0.1) is 0 Å². The first-order valence-corrected chi connectivity index (χ1v) is 7.83. The van der Waals surface area contributed by atoms with Crippen LogP contribution in [-0.2, 0) is 13.6 Å². The van der Waals surface area contributed by atoms with Crippen molar-refractivity contribution in [3.8, 4) is 0 Å². The maximum Gasteiger partial charge on any atom is 0.129 e. The topological polar surface area (TPSA) is 58.9 Å². The van der Waals surface area contributed by atoms with Gasteiger partial charge in [0.25, 0.3) is 0 Å². The van der Waals surface area contributed by atoms with Crippen molar-refractivity contribution in [2.24, 2.45) is 7.05 Å². The summed E-state index contributed by atoms with van der Waals surface area (Å²) in [5.74, 6) is 1.72. The molecule has 1 fully saturated rings. The van der Waals surface area contributed by atoms with E-state index in [1.54, 1.807) is 0 Å². The normalized spacial score (nSPS) is 18.8. The number of likely N-dealkylation sites (tertiary alicyclic amines) is 1. The molecule has 118 valence electrons. The largest absolute Gasteiger partial charge is 0.373 e. The summed E-state index contributed by atoms with van der Waals surface area (Å²) in [7, 11) is 3.89. The van der Waals surface area contributed by atoms with E-state index in [4.69, 9.17) is 0 Å². The van der Waals surface area contributed by atoms with Crippen LogP contribution in [0.1, 0.15) is 41.7 Å². The number of nitrogens with one attached hydrogen (secondary N) is 1. The molecule has 6 heteroatoms. The number of nitrogens with zero attached hydrogens (tertiary/aromatic N) is 5. The van der Waals surface area contributed by atoms with Gasteiger partial charge in [-0.1, -0.05) is 0 Å². The molecule has 2 aromatic rings. The molecule has 1 aliphatic rings. The number of hydrogen-bond acceptors (Lipinski definition) is 5. The highest BCUT2D eigenvalue weighted by Crippen LogP contribution is 2.33. The molecule has 3 heterocycles. The first kappa shape index (κ1) is 15.0. The van der Waals surface area contributed by atoms with Crippen LogP contribution in [0, 0.1) is 13.8 Å². The van der Waals surface area contributed by atoms with Gasteiger partial charge in [0, 0.05) is 38.0 Å². The average Bonchev–Trinajstić information content (AvgIpc) is 3.09. The van der Waals surface area contributed by atoms with Gasteiger partial charge >= 0.3 is 0 Å². The van der Waals surface area contributed by atoms with Crippen molar-refractivity contribution >= 4 is 5.82 Å². The fourth-order valence-corrected chi connectivity index (χ4v) is 3.16. The van der Waals surface area contributed by atoms with Crippen LogP contribution in [0.15, 0.2) is 12.3 Å². The zero-order chi connectivity index (χ0) is 15.7. The molecule has 0 bridgehead atoms. The zero-order valence-corrected chi connectivity index (χ0v) is 13.8. The number of aryl methyl sites for hydroxylation is 2. The minimum absolute atomic E-state index is 0.369. The summed E-state index contributed by atoms with van der Waals surface area (Å²) in [5.41, 5.74) is 3.66. The van der Waals surface area contributed by atoms with Gasteiger partial charge in [0.1, 0.15) is 11.6 Å². The molecule has 0 unspecified atom stereocenters. The second kappa shape index (κ2) is 6.04. The lowest BCUT2D eigenvalue weighted by Gasteiger charge is -2.24. The first-order chi connectivity index (χ1) is 10.6. The van der Waals surface area contributed by atoms with Gasteiger partial charge < -0.3 is 5.32 Å². The summed E-state index contributed by atoms with van der Waals surface area (Å²) in [6.07, 6.45) is 4.34. The van der Waals surface area contributed by atoms with Gasteiger partial charge in [-0.25, -0.2) is 9.97 Å². The highest BCUT2D eigenvalue weighted by molar-refractivity contribution is 5.36. The minimum Gasteiger partial charge on any atom is -0.373 e. The van der Waals surface area contributed by atoms with Crippen molar-refractivity contribution in [1.82, 2.24) is 24.6 Å². The van der Waals surface area contributed by atoms with E-state index in [-0.39, 0.29) is 0 Å². The standard InChI is InChI=1S/C16H24N6/c1-11-13(9-18-21(11)4)10-22-7-5-6-15(22)14-8-16(17-3)20-12(2)19-14/h8-9,15H,5-7,10H2,1-4H3,(H,17,19,20)/t15-/m0/s1. The van der Waals surface area contributed by atoms with Crippen LogP contribution in [0.5, 0.6) is 0 Å². The molecule has 0 spiro atoms. The zero-order valence-electron chi connectivity index (χ0n) is 13.8. The lowest BCUT2D eigenvalue weighted by atomic mass is 10.1. The Morgan fingerprint density at radius 3 is 2.82 bits per heavy atom. The number of hydrogen-bond donors (Lipinski definition) is 1. The van der Waals surface area contributed by atoms with Crippen molar-refractivity contribution in [3.05, 3.63) is 35.0 Å². The van der Waals surface area contributed by atoms with Crippen molar-refractivity contribution in [1.29, 1.82) is 0 Å². The van der Waals surface area contributed by atoms with E-state index in [2.05, 4.69) is 38.3 Å². The van der Waals surface area contributed by atoms with E-state index in [9.17, 15) is 0 Å². The Labute approximate surface area is 131 Å². The molecule has 3 rings (SSSR count). The SMILES string of the molecule is CNc1cc([C@@H]2CCCN2Cc2cnn(C)c2C)nc(C)n1. The molecule has 1 saturated heterocycles. The Kier molecular flexibility index (Phi) is 4.11. The maximum atomic E-state index is 4.67. The molecule has 1 aliphatic heterocycles. The van der Waals surface area contributed by atoms with Gasteiger partial charge in [0.15, 0.2) is 0 Å². The lowest BCUT2D eigenvalue weighted by Crippen LogP contribution is -2.24.